The molecule has 0 aliphatic carbocycles. The zero-order valence-electron chi connectivity index (χ0n) is 16.6. The predicted molar refractivity (Wildman–Crippen MR) is 107 cm³/mol. The summed E-state index contributed by atoms with van der Waals surface area (Å²) in [6.07, 6.45) is 0. The van der Waals surface area contributed by atoms with Crippen molar-refractivity contribution >= 4 is 11.7 Å². The van der Waals surface area contributed by atoms with Crippen molar-refractivity contribution in [2.45, 2.75) is 5.92 Å². The van der Waals surface area contributed by atoms with Gasteiger partial charge in [-0.15, -0.1) is 0 Å². The Bertz CT molecular complexity index is 966. The number of nitrogens with zero attached hydrogens (tertiary/aromatic N) is 1. The average Bonchev–Trinajstić information content (AvgIpc) is 3.14. The van der Waals surface area contributed by atoms with E-state index in [1.54, 1.807) is 21.3 Å². The highest BCUT2D eigenvalue weighted by Gasteiger charge is 2.42. The summed E-state index contributed by atoms with van der Waals surface area (Å²) in [5, 5.41) is 9.64. The standard InChI is InChI=1S/C22H23NO6/c1-26-14-6-4-13(5-7-14)20-15-10-18(27-2)19(28-3)11-16(15)23(8-9-24)17-12-29-22(25)21(17)20/h4-7,10-11,20,24H,8-9,12H2,1-3H3. The van der Waals surface area contributed by atoms with Gasteiger partial charge in [-0.25, -0.2) is 4.79 Å². The number of ether oxygens (including phenoxy) is 4. The molecule has 4 rings (SSSR count). The van der Waals surface area contributed by atoms with Gasteiger partial charge < -0.3 is 29.0 Å². The number of hydrogen-bond donors (Lipinski definition) is 1. The summed E-state index contributed by atoms with van der Waals surface area (Å²) >= 11 is 0. The molecular weight excluding hydrogens is 374 g/mol. The van der Waals surface area contributed by atoms with Crippen molar-refractivity contribution in [2.75, 3.05) is 46.0 Å². The number of carbonyl (C=O) groups is 1. The number of β-amino-alcohol motifs (C(OH)–C–C–N with tert-alkyl or cyclic N) is 1. The van der Waals surface area contributed by atoms with E-state index >= 15 is 0 Å². The van der Waals surface area contributed by atoms with Crippen molar-refractivity contribution < 1.29 is 28.8 Å². The third kappa shape index (κ3) is 3.07. The lowest BCUT2D eigenvalue weighted by molar-refractivity contribution is -0.136. The molecule has 2 aromatic rings. The Morgan fingerprint density at radius 3 is 2.38 bits per heavy atom. The highest BCUT2D eigenvalue weighted by Crippen LogP contribution is 2.50. The van der Waals surface area contributed by atoms with Crippen LogP contribution in [0.5, 0.6) is 17.2 Å². The number of aliphatic hydroxyl groups excluding tert-OH is 1. The lowest BCUT2D eigenvalue weighted by Crippen LogP contribution is -2.33. The van der Waals surface area contributed by atoms with Gasteiger partial charge >= 0.3 is 5.97 Å². The topological polar surface area (TPSA) is 77.5 Å². The minimum Gasteiger partial charge on any atom is -0.497 e. The number of hydrogen-bond acceptors (Lipinski definition) is 7. The van der Waals surface area contributed by atoms with Crippen LogP contribution in [0, 0.1) is 0 Å². The Labute approximate surface area is 169 Å². The maximum absolute atomic E-state index is 12.7. The van der Waals surface area contributed by atoms with Crippen LogP contribution in [0.25, 0.3) is 0 Å². The molecule has 0 amide bonds. The molecule has 0 spiro atoms. The number of rotatable bonds is 6. The fraction of sp³-hybridized carbons (Fsp3) is 0.318. The summed E-state index contributed by atoms with van der Waals surface area (Å²) in [5.41, 5.74) is 4.04. The maximum atomic E-state index is 12.7. The van der Waals surface area contributed by atoms with Crippen LogP contribution in [0.4, 0.5) is 5.69 Å². The number of carbonyl (C=O) groups excluding carboxylic acids is 1. The van der Waals surface area contributed by atoms with Gasteiger partial charge in [0, 0.05) is 24.2 Å². The molecule has 2 aliphatic rings. The fourth-order valence-electron chi connectivity index (χ4n) is 4.06. The minimum absolute atomic E-state index is 0.0635. The third-order valence-electron chi connectivity index (χ3n) is 5.39. The first-order valence-corrected chi connectivity index (χ1v) is 9.31. The van der Waals surface area contributed by atoms with Crippen molar-refractivity contribution in [3.8, 4) is 17.2 Å². The van der Waals surface area contributed by atoms with Gasteiger partial charge in [-0.3, -0.25) is 0 Å². The van der Waals surface area contributed by atoms with Crippen LogP contribution in [0.3, 0.4) is 0 Å². The van der Waals surface area contributed by atoms with Crippen LogP contribution in [-0.2, 0) is 9.53 Å². The Hall–Kier alpha value is -3.19. The lowest BCUT2D eigenvalue weighted by Gasteiger charge is -2.36. The van der Waals surface area contributed by atoms with Gasteiger partial charge in [0.05, 0.1) is 39.2 Å². The smallest absolute Gasteiger partial charge is 0.337 e. The second kappa shape index (κ2) is 7.67. The summed E-state index contributed by atoms with van der Waals surface area (Å²) in [4.78, 5) is 14.6. The molecule has 29 heavy (non-hydrogen) atoms. The molecule has 0 bridgehead atoms. The molecule has 2 heterocycles. The predicted octanol–water partition coefficient (Wildman–Crippen LogP) is 2.47. The molecule has 0 fully saturated rings. The van der Waals surface area contributed by atoms with E-state index in [9.17, 15) is 9.90 Å². The largest absolute Gasteiger partial charge is 0.497 e. The third-order valence-corrected chi connectivity index (χ3v) is 5.39. The number of esters is 1. The van der Waals surface area contributed by atoms with Crippen molar-refractivity contribution in [3.05, 3.63) is 58.8 Å². The molecule has 7 nitrogen and oxygen atoms in total. The Balaban J connectivity index is 1.96. The van der Waals surface area contributed by atoms with Gasteiger partial charge in [-0.2, -0.15) is 0 Å². The lowest BCUT2D eigenvalue weighted by atomic mass is 9.80. The monoisotopic (exact) mass is 397 g/mol. The summed E-state index contributed by atoms with van der Waals surface area (Å²) < 4.78 is 21.7. The number of anilines is 1. The first-order chi connectivity index (χ1) is 14.1. The summed E-state index contributed by atoms with van der Waals surface area (Å²) in [6.45, 7) is 0.452. The Kier molecular flexibility index (Phi) is 5.07. The summed E-state index contributed by atoms with van der Waals surface area (Å²) in [5.74, 6) is 1.23. The van der Waals surface area contributed by atoms with Crippen molar-refractivity contribution in [1.82, 2.24) is 0 Å². The Morgan fingerprint density at radius 2 is 1.76 bits per heavy atom. The molecule has 0 saturated carbocycles. The molecule has 0 radical (unpaired) electrons. The molecule has 1 unspecified atom stereocenters. The van der Waals surface area contributed by atoms with Crippen molar-refractivity contribution in [2.24, 2.45) is 0 Å². The quantitative estimate of drug-likeness (QED) is 0.751. The molecular formula is C22H23NO6. The number of cyclic esters (lactones) is 1. The molecule has 0 aromatic heterocycles. The van der Waals surface area contributed by atoms with Gasteiger partial charge in [0.1, 0.15) is 12.4 Å². The highest BCUT2D eigenvalue weighted by molar-refractivity contribution is 5.97. The van der Waals surface area contributed by atoms with Crippen LogP contribution in [0.2, 0.25) is 0 Å². The minimum atomic E-state index is -0.343. The molecule has 1 atom stereocenters. The van der Waals surface area contributed by atoms with Gasteiger partial charge in [0.25, 0.3) is 0 Å². The van der Waals surface area contributed by atoms with Crippen LogP contribution < -0.4 is 19.1 Å². The first kappa shape index (κ1) is 19.1. The SMILES string of the molecule is COc1ccc(C2C3=C(COC3=O)N(CCO)c3cc(OC)c(OC)cc32)cc1. The number of benzene rings is 2. The van der Waals surface area contributed by atoms with E-state index < -0.39 is 0 Å². The number of aliphatic hydroxyl groups is 1. The molecule has 0 saturated heterocycles. The van der Waals surface area contributed by atoms with Gasteiger partial charge in [-0.05, 0) is 29.3 Å². The Morgan fingerprint density at radius 1 is 1.07 bits per heavy atom. The van der Waals surface area contributed by atoms with Crippen LogP contribution >= 0.6 is 0 Å². The van der Waals surface area contributed by atoms with Crippen LogP contribution in [0.15, 0.2) is 47.7 Å². The van der Waals surface area contributed by atoms with Crippen LogP contribution in [-0.4, -0.2) is 52.2 Å². The highest BCUT2D eigenvalue weighted by atomic mass is 16.5. The summed E-state index contributed by atoms with van der Waals surface area (Å²) in [7, 11) is 4.77. The van der Waals surface area contributed by atoms with Crippen molar-refractivity contribution in [3.63, 3.8) is 0 Å². The zero-order valence-corrected chi connectivity index (χ0v) is 16.6. The first-order valence-electron chi connectivity index (χ1n) is 9.31. The molecule has 152 valence electrons. The van der Waals surface area contributed by atoms with E-state index in [-0.39, 0.29) is 25.1 Å². The number of fused-ring (bicyclic) bond motifs is 1. The van der Waals surface area contributed by atoms with E-state index in [0.717, 1.165) is 28.3 Å². The van der Waals surface area contributed by atoms with E-state index in [2.05, 4.69) is 0 Å². The molecule has 1 N–H and O–H groups in total. The normalized spacial score (nSPS) is 17.6. The van der Waals surface area contributed by atoms with E-state index in [1.807, 2.05) is 41.3 Å². The number of methoxy groups -OCH3 is 3. The second-order valence-corrected chi connectivity index (χ2v) is 6.78. The van der Waals surface area contributed by atoms with Gasteiger partial charge in [0.15, 0.2) is 11.5 Å². The second-order valence-electron chi connectivity index (χ2n) is 6.78. The van der Waals surface area contributed by atoms with Gasteiger partial charge in [0.2, 0.25) is 0 Å². The summed E-state index contributed by atoms with van der Waals surface area (Å²) in [6, 6.07) is 11.4. The zero-order chi connectivity index (χ0) is 20.5. The molecule has 2 aromatic carbocycles. The van der Waals surface area contributed by atoms with E-state index in [4.69, 9.17) is 18.9 Å². The van der Waals surface area contributed by atoms with E-state index in [0.29, 0.717) is 23.6 Å². The maximum Gasteiger partial charge on any atom is 0.337 e. The van der Waals surface area contributed by atoms with Gasteiger partial charge in [-0.1, -0.05) is 12.1 Å². The van der Waals surface area contributed by atoms with Crippen LogP contribution in [0.1, 0.15) is 17.0 Å². The molecule has 2 aliphatic heterocycles. The van der Waals surface area contributed by atoms with Crippen molar-refractivity contribution in [1.29, 1.82) is 0 Å². The molecule has 7 heteroatoms. The van der Waals surface area contributed by atoms with E-state index in [1.165, 1.54) is 0 Å². The average molecular weight is 397 g/mol. The fourth-order valence-corrected chi connectivity index (χ4v) is 4.06.